The minimum atomic E-state index is -2.02. The second-order valence-corrected chi connectivity index (χ2v) is 10.5. The normalized spacial score (nSPS) is 12.1. The Bertz CT molecular complexity index is 1140. The molecule has 0 radical (unpaired) electrons. The van der Waals surface area contributed by atoms with Crippen LogP contribution in [0.2, 0.25) is 0 Å². The SMILES string of the molecule is C[PH](=O)OCc1ccc(C(=O)Nc2cc(-c3cccs3)ccc2NC(=O)OC(C)(C)C)cc1. The van der Waals surface area contributed by atoms with Gasteiger partial charge in [-0.3, -0.25) is 14.7 Å². The summed E-state index contributed by atoms with van der Waals surface area (Å²) >= 11 is 1.58. The first-order valence-electron chi connectivity index (χ1n) is 10.3. The molecule has 2 aromatic carbocycles. The molecule has 7 nitrogen and oxygen atoms in total. The van der Waals surface area contributed by atoms with Gasteiger partial charge < -0.3 is 14.6 Å². The first-order chi connectivity index (χ1) is 15.6. The Balaban J connectivity index is 1.82. The summed E-state index contributed by atoms with van der Waals surface area (Å²) in [7, 11) is -2.02. The minimum Gasteiger partial charge on any atom is -0.444 e. The van der Waals surface area contributed by atoms with Gasteiger partial charge >= 0.3 is 6.09 Å². The number of thiophene rings is 1. The summed E-state index contributed by atoms with van der Waals surface area (Å²) in [6.07, 6.45) is -0.610. The molecule has 0 aliphatic rings. The van der Waals surface area contributed by atoms with Gasteiger partial charge in [-0.1, -0.05) is 24.3 Å². The third kappa shape index (κ3) is 7.56. The number of hydrogen-bond acceptors (Lipinski definition) is 6. The van der Waals surface area contributed by atoms with Gasteiger partial charge in [-0.05, 0) is 67.6 Å². The number of carbonyl (C=O) groups excluding carboxylic acids is 2. The van der Waals surface area contributed by atoms with Crippen LogP contribution >= 0.6 is 19.4 Å². The zero-order valence-corrected chi connectivity index (χ0v) is 20.7. The highest BCUT2D eigenvalue weighted by Crippen LogP contribution is 2.32. The number of ether oxygens (including phenoxy) is 1. The molecule has 2 amide bonds. The van der Waals surface area contributed by atoms with Crippen LogP contribution in [-0.4, -0.2) is 24.3 Å². The van der Waals surface area contributed by atoms with Gasteiger partial charge in [0.05, 0.1) is 18.0 Å². The fourth-order valence-electron chi connectivity index (χ4n) is 2.90. The monoisotopic (exact) mass is 486 g/mol. The van der Waals surface area contributed by atoms with Crippen molar-refractivity contribution >= 4 is 42.7 Å². The number of anilines is 2. The van der Waals surface area contributed by atoms with Crippen molar-refractivity contribution in [3.05, 3.63) is 71.1 Å². The van der Waals surface area contributed by atoms with Crippen molar-refractivity contribution in [1.29, 1.82) is 0 Å². The molecule has 1 aromatic heterocycles. The van der Waals surface area contributed by atoms with E-state index in [9.17, 15) is 14.2 Å². The van der Waals surface area contributed by atoms with Crippen LogP contribution in [0.25, 0.3) is 10.4 Å². The Hall–Kier alpha value is -2.93. The van der Waals surface area contributed by atoms with Crippen molar-refractivity contribution in [3.8, 4) is 10.4 Å². The molecule has 3 rings (SSSR count). The van der Waals surface area contributed by atoms with E-state index in [1.54, 1.807) is 62.4 Å². The lowest BCUT2D eigenvalue weighted by Gasteiger charge is -2.21. The molecule has 0 aliphatic heterocycles. The zero-order chi connectivity index (χ0) is 24.0. The number of rotatable bonds is 7. The Morgan fingerprint density at radius 2 is 1.73 bits per heavy atom. The molecule has 3 aromatic rings. The highest BCUT2D eigenvalue weighted by Gasteiger charge is 2.18. The van der Waals surface area contributed by atoms with E-state index in [0.29, 0.717) is 16.9 Å². The predicted octanol–water partition coefficient (Wildman–Crippen LogP) is 6.64. The minimum absolute atomic E-state index is 0.225. The molecule has 1 atom stereocenters. The highest BCUT2D eigenvalue weighted by molar-refractivity contribution is 7.38. The summed E-state index contributed by atoms with van der Waals surface area (Å²) in [6, 6.07) is 16.2. The average Bonchev–Trinajstić information content (AvgIpc) is 3.27. The van der Waals surface area contributed by atoms with Crippen molar-refractivity contribution in [1.82, 2.24) is 0 Å². The quantitative estimate of drug-likeness (QED) is 0.365. The van der Waals surface area contributed by atoms with Crippen LogP contribution in [0.3, 0.4) is 0 Å². The molecule has 0 aliphatic carbocycles. The lowest BCUT2D eigenvalue weighted by molar-refractivity contribution is 0.0635. The van der Waals surface area contributed by atoms with Crippen LogP contribution in [-0.2, 0) is 20.4 Å². The van der Waals surface area contributed by atoms with Crippen molar-refractivity contribution in [2.75, 3.05) is 17.3 Å². The zero-order valence-electron chi connectivity index (χ0n) is 18.9. The van der Waals surface area contributed by atoms with Crippen LogP contribution < -0.4 is 10.6 Å². The maximum atomic E-state index is 12.9. The number of hydrogen-bond donors (Lipinski definition) is 2. The third-order valence-electron chi connectivity index (χ3n) is 4.37. The number of benzene rings is 2. The molecular weight excluding hydrogens is 459 g/mol. The van der Waals surface area contributed by atoms with Gasteiger partial charge in [0.2, 0.25) is 0 Å². The fraction of sp³-hybridized carbons (Fsp3) is 0.250. The first-order valence-corrected chi connectivity index (χ1v) is 13.0. The molecular formula is C24H27N2O5PS. The topological polar surface area (TPSA) is 93.7 Å². The Morgan fingerprint density at radius 1 is 1.00 bits per heavy atom. The van der Waals surface area contributed by atoms with Crippen LogP contribution in [0.15, 0.2) is 60.0 Å². The van der Waals surface area contributed by atoms with Crippen LogP contribution in [0.4, 0.5) is 16.2 Å². The van der Waals surface area contributed by atoms with Gasteiger partial charge in [0.15, 0.2) is 8.03 Å². The Labute approximate surface area is 198 Å². The molecule has 0 bridgehead atoms. The summed E-state index contributed by atoms with van der Waals surface area (Å²) in [6.45, 7) is 7.10. The summed E-state index contributed by atoms with van der Waals surface area (Å²) in [5, 5.41) is 7.58. The fourth-order valence-corrected chi connectivity index (χ4v) is 3.99. The summed E-state index contributed by atoms with van der Waals surface area (Å²) in [5.41, 5.74) is 2.40. The van der Waals surface area contributed by atoms with Crippen molar-refractivity contribution < 1.29 is 23.4 Å². The summed E-state index contributed by atoms with van der Waals surface area (Å²) in [4.78, 5) is 26.3. The lowest BCUT2D eigenvalue weighted by Crippen LogP contribution is -2.27. The van der Waals surface area contributed by atoms with Crippen molar-refractivity contribution in [3.63, 3.8) is 0 Å². The van der Waals surface area contributed by atoms with Crippen LogP contribution in [0, 0.1) is 0 Å². The van der Waals surface area contributed by atoms with Gasteiger partial charge in [0.25, 0.3) is 5.91 Å². The molecule has 33 heavy (non-hydrogen) atoms. The van der Waals surface area contributed by atoms with E-state index in [1.807, 2.05) is 29.6 Å². The van der Waals surface area contributed by atoms with Gasteiger partial charge in [-0.15, -0.1) is 11.3 Å². The molecule has 1 heterocycles. The number of amides is 2. The smallest absolute Gasteiger partial charge is 0.412 e. The number of nitrogens with one attached hydrogen (secondary N) is 2. The maximum Gasteiger partial charge on any atom is 0.412 e. The average molecular weight is 487 g/mol. The largest absolute Gasteiger partial charge is 0.444 e. The van der Waals surface area contributed by atoms with E-state index >= 15 is 0 Å². The summed E-state index contributed by atoms with van der Waals surface area (Å²) in [5.74, 6) is -0.331. The predicted molar refractivity (Wildman–Crippen MR) is 134 cm³/mol. The van der Waals surface area contributed by atoms with E-state index in [2.05, 4.69) is 10.6 Å². The Morgan fingerprint density at radius 3 is 2.33 bits per heavy atom. The molecule has 9 heteroatoms. The standard InChI is InChI=1S/C24H27N2O5PS/c1-24(2,3)31-23(28)26-19-12-11-18(21-6-5-13-33-21)14-20(19)25-22(27)17-9-7-16(8-10-17)15-30-32(4)29/h5-14,32H,15H2,1-4H3,(H,25,27)(H,26,28). The van der Waals surface area contributed by atoms with Gasteiger partial charge in [0, 0.05) is 17.1 Å². The maximum absolute atomic E-state index is 12.9. The molecule has 0 fully saturated rings. The van der Waals surface area contributed by atoms with Gasteiger partial charge in [-0.2, -0.15) is 0 Å². The molecule has 1 unspecified atom stereocenters. The van der Waals surface area contributed by atoms with E-state index < -0.39 is 19.7 Å². The molecule has 0 spiro atoms. The van der Waals surface area contributed by atoms with Crippen LogP contribution in [0.1, 0.15) is 36.7 Å². The van der Waals surface area contributed by atoms with Crippen molar-refractivity contribution in [2.24, 2.45) is 0 Å². The van der Waals surface area contributed by atoms with E-state index in [-0.39, 0.29) is 12.5 Å². The highest BCUT2D eigenvalue weighted by atomic mass is 32.1. The van der Waals surface area contributed by atoms with Gasteiger partial charge in [-0.25, -0.2) is 4.79 Å². The number of carbonyl (C=O) groups is 2. The molecule has 174 valence electrons. The van der Waals surface area contributed by atoms with E-state index in [1.165, 1.54) is 6.66 Å². The van der Waals surface area contributed by atoms with E-state index in [0.717, 1.165) is 16.0 Å². The molecule has 0 saturated carbocycles. The van der Waals surface area contributed by atoms with Crippen molar-refractivity contribution in [2.45, 2.75) is 33.0 Å². The lowest BCUT2D eigenvalue weighted by atomic mass is 10.1. The van der Waals surface area contributed by atoms with Crippen LogP contribution in [0.5, 0.6) is 0 Å². The molecule has 0 saturated heterocycles. The second-order valence-electron chi connectivity index (χ2n) is 8.30. The Kier molecular flexibility index (Phi) is 8.08. The summed E-state index contributed by atoms with van der Waals surface area (Å²) < 4.78 is 21.7. The molecule has 2 N–H and O–H groups in total. The second kappa shape index (κ2) is 10.8. The third-order valence-corrected chi connectivity index (χ3v) is 5.84. The first kappa shape index (κ1) is 24.7. The van der Waals surface area contributed by atoms with E-state index in [4.69, 9.17) is 9.26 Å². The van der Waals surface area contributed by atoms with Gasteiger partial charge in [0.1, 0.15) is 5.60 Å².